The van der Waals surface area contributed by atoms with Crippen LogP contribution in [0.5, 0.6) is 0 Å². The van der Waals surface area contributed by atoms with Gasteiger partial charge in [-0.15, -0.1) is 0 Å². The molecule has 4 aliphatic heterocycles. The number of nitrogens with one attached hydrogen (secondary N) is 7. The van der Waals surface area contributed by atoms with Gasteiger partial charge in [0.2, 0.25) is 47.3 Å². The van der Waals surface area contributed by atoms with Crippen LogP contribution >= 0.6 is 0 Å². The van der Waals surface area contributed by atoms with Crippen molar-refractivity contribution in [3.8, 4) is 11.4 Å². The molecule has 1 aliphatic carbocycles. The number of carbonyl (C=O) groups excluding carboxylic acids is 13. The number of alkyl carbamates (subject to hydrolysis) is 1. The third kappa shape index (κ3) is 21.9. The zero-order chi connectivity index (χ0) is 92.0. The predicted octanol–water partition coefficient (Wildman–Crippen LogP) is 7.21. The van der Waals surface area contributed by atoms with Crippen molar-refractivity contribution in [2.45, 2.75) is 252 Å². The number of pyridine rings is 2. The number of anilines is 1. The molecule has 1 fully saturated rings. The number of unbranched alkanes of at least 4 members (excludes halogenated alkanes) is 2. The first-order chi connectivity index (χ1) is 59.9. The molecule has 0 spiro atoms. The number of aliphatic hydroxyl groups is 1. The van der Waals surface area contributed by atoms with Crippen molar-refractivity contribution in [1.29, 1.82) is 0 Å². The number of ether oxygens (including phenoxy) is 4. The lowest BCUT2D eigenvalue weighted by Crippen LogP contribution is -2.60. The van der Waals surface area contributed by atoms with E-state index in [0.29, 0.717) is 114 Å². The van der Waals surface area contributed by atoms with Gasteiger partial charge >= 0.3 is 18.1 Å². The van der Waals surface area contributed by atoms with Crippen LogP contribution in [-0.4, -0.2) is 214 Å². The average molecular weight is 1750 g/mol. The molecule has 3 aromatic carbocycles. The quantitative estimate of drug-likeness (QED) is 0.0104. The van der Waals surface area contributed by atoms with E-state index in [1.807, 2.05) is 27.7 Å². The molecule has 1 unspecified atom stereocenters. The Bertz CT molecular complexity index is 4980. The van der Waals surface area contributed by atoms with Crippen LogP contribution in [0.4, 0.5) is 19.7 Å². The molecule has 34 heteroatoms. The van der Waals surface area contributed by atoms with Gasteiger partial charge in [0.1, 0.15) is 49.2 Å². The Balaban J connectivity index is 0.765. The highest BCUT2D eigenvalue weighted by Gasteiger charge is 2.48. The number of nitrogens with two attached hydrogens (primary N) is 1. The minimum absolute atomic E-state index is 0.0187. The zero-order valence-corrected chi connectivity index (χ0v) is 74.7. The molecule has 0 radical (unpaired) electrons. The summed E-state index contributed by atoms with van der Waals surface area (Å²) in [6.07, 6.45) is 3.68. The number of hydrogen-bond donors (Lipinski definition) is 9. The van der Waals surface area contributed by atoms with Crippen LogP contribution in [-0.2, 0) is 110 Å². The largest absolute Gasteiger partial charge is 0.458 e. The number of hydrogen-bond acceptors (Lipinski definition) is 20. The Morgan fingerprint density at radius 2 is 1.41 bits per heavy atom. The van der Waals surface area contributed by atoms with Gasteiger partial charge in [0.05, 0.1) is 71.7 Å². The van der Waals surface area contributed by atoms with E-state index < -0.39 is 149 Å². The number of imide groups is 1. The Kier molecular flexibility index (Phi) is 32.7. The standard InChI is InChI=1S/C92H123FN14O19/c1-16-52(9)80(104(13)88(118)77(50(5)6)102-86(116)79(51(7)8)103(12)70(108)30-22-19-23-40-106-71(109)37-38-72(106)110)69(123-14)45-73(111)105-41-25-29-67(105)81(124-15)54(11)82(112)99-66(42-55-26-20-18-21-27-55)84(114)101-76(49(3)4)85(115)98-64(28-24-39-95-90(94)120)83(113)96-57-33-31-56(32-34-57)47-126-91(121)100-63-36-35-58-53(10)62(93)44-65-74(58)75(63)59-46-107-68(78(59)97-65)43-61-60(87(107)117)48-125-89(119)92(61,122)17-2/h18,20-21,26-27,31-34,37-38,43-44,49-52,54,63-64,66-67,69,76-77,79-81,122H,16-17,19,22-25,28-30,35-36,39-42,45-48H2,1-15H3,(H,96,113)(H,98,115)(H,99,112)(H,100,121)(H,101,114)(H,102,116)(H3,94,95,120)/t52-,54+,63?,64-,66-,67-,69+,76-,77-,79-,80-,81+,92-/m0/s1. The highest BCUT2D eigenvalue weighted by atomic mass is 19.1. The van der Waals surface area contributed by atoms with Crippen LogP contribution in [0, 0.1) is 42.3 Å². The number of likely N-dealkylation sites (N-methyl/N-ethyl adjacent to an activating group) is 2. The van der Waals surface area contributed by atoms with E-state index in [4.69, 9.17) is 29.7 Å². The number of esters is 1. The van der Waals surface area contributed by atoms with Gasteiger partial charge in [0.15, 0.2) is 5.60 Å². The number of aromatic nitrogens is 2. The molecule has 5 aliphatic rings. The maximum Gasteiger partial charge on any atom is 0.407 e. The third-order valence-electron chi connectivity index (χ3n) is 25.4. The van der Waals surface area contributed by atoms with E-state index >= 15 is 4.39 Å². The second-order valence-corrected chi connectivity index (χ2v) is 34.8. The van der Waals surface area contributed by atoms with E-state index in [-0.39, 0.29) is 124 Å². The van der Waals surface area contributed by atoms with E-state index in [2.05, 4.69) is 37.2 Å². The molecular weight excluding hydrogens is 1620 g/mol. The number of benzene rings is 3. The molecule has 13 atom stereocenters. The fraction of sp³-hybridized carbons (Fsp3) is 0.554. The summed E-state index contributed by atoms with van der Waals surface area (Å²) in [6.45, 7) is 19.5. The van der Waals surface area contributed by atoms with E-state index in [0.717, 1.165) is 4.90 Å². The van der Waals surface area contributed by atoms with Gasteiger partial charge in [-0.3, -0.25) is 57.6 Å². The number of halogens is 1. The number of amides is 13. The molecule has 10 N–H and O–H groups in total. The minimum atomic E-state index is -2.08. The van der Waals surface area contributed by atoms with E-state index in [1.54, 1.807) is 128 Å². The first-order valence-corrected chi connectivity index (χ1v) is 43.7. The van der Waals surface area contributed by atoms with Gasteiger partial charge in [-0.1, -0.05) is 125 Å². The van der Waals surface area contributed by atoms with Crippen LogP contribution in [0.1, 0.15) is 197 Å². The number of likely N-dealkylation sites (tertiary alicyclic amines) is 1. The van der Waals surface area contributed by atoms with Crippen molar-refractivity contribution in [3.05, 3.63) is 140 Å². The normalized spacial score (nSPS) is 18.7. The molecule has 33 nitrogen and oxygen atoms in total. The van der Waals surface area contributed by atoms with Gasteiger partial charge in [0, 0.05) is 101 Å². The summed E-state index contributed by atoms with van der Waals surface area (Å²) in [6, 6.07) is 9.51. The predicted molar refractivity (Wildman–Crippen MR) is 465 cm³/mol. The van der Waals surface area contributed by atoms with Crippen molar-refractivity contribution in [1.82, 2.24) is 61.1 Å². The lowest BCUT2D eigenvalue weighted by atomic mass is 9.81. The fourth-order valence-electron chi connectivity index (χ4n) is 18.1. The number of urea groups is 1. The summed E-state index contributed by atoms with van der Waals surface area (Å²) in [5.74, 6) is -8.99. The Labute approximate surface area is 733 Å². The molecule has 10 rings (SSSR count). The van der Waals surface area contributed by atoms with Gasteiger partial charge in [-0.25, -0.2) is 23.8 Å². The van der Waals surface area contributed by atoms with Gasteiger partial charge in [-0.05, 0) is 134 Å². The number of rotatable bonds is 41. The summed E-state index contributed by atoms with van der Waals surface area (Å²) in [5, 5.41) is 32.1. The Morgan fingerprint density at radius 3 is 2.05 bits per heavy atom. The molecule has 2 aromatic heterocycles. The zero-order valence-electron chi connectivity index (χ0n) is 74.7. The number of primary amides is 1. The number of fused-ring (bicyclic) bond motifs is 5. The minimum Gasteiger partial charge on any atom is -0.458 e. The van der Waals surface area contributed by atoms with Crippen molar-refractivity contribution in [2.24, 2.45) is 35.3 Å². The average Bonchev–Trinajstić information content (AvgIpc) is 1.48. The molecule has 1 saturated heterocycles. The number of nitrogens with zero attached hydrogens (tertiary/aromatic N) is 6. The number of aryl methyl sites for hydroxylation is 1. The molecule has 126 heavy (non-hydrogen) atoms. The Hall–Kier alpha value is -11.5. The Morgan fingerprint density at radius 1 is 0.738 bits per heavy atom. The third-order valence-corrected chi connectivity index (χ3v) is 25.4. The second kappa shape index (κ2) is 42.6. The van der Waals surface area contributed by atoms with Crippen LogP contribution < -0.4 is 48.5 Å². The van der Waals surface area contributed by atoms with Crippen LogP contribution in [0.2, 0.25) is 0 Å². The molecule has 13 amide bonds. The van der Waals surface area contributed by atoms with E-state index in [1.165, 1.54) is 46.8 Å². The molecule has 682 valence electrons. The highest BCUT2D eigenvalue weighted by Crippen LogP contribution is 2.46. The van der Waals surface area contributed by atoms with Crippen LogP contribution in [0.3, 0.4) is 0 Å². The van der Waals surface area contributed by atoms with E-state index in [9.17, 15) is 72.2 Å². The SMILES string of the molecule is CC[C@H](C)[C@@H]([C@@H](CC(=O)N1CCC[C@H]1[C@H](OC)[C@@H](C)C(=O)N[C@@H](Cc1ccccc1)C(=O)N[C@H](C(=O)N[C@@H](CCCNC(N)=O)C(=O)Nc1ccc(COC(=O)NC2CCc3c(C)c(F)cc4nc5c(c2c34)Cn2c-5cc3c(c2=O)COC(=O)[C@]3(O)CC)cc1)C(C)C)OC)N(C)C(=O)[C@@H](NC(=O)[C@H](C(C)C)N(C)C(=O)CCCCCN1C(=O)C=CC1=O)C(C)C. The number of methoxy groups -OCH3 is 2. The summed E-state index contributed by atoms with van der Waals surface area (Å²) in [4.78, 5) is 204. The molecule has 6 heterocycles. The van der Waals surface area contributed by atoms with Crippen molar-refractivity contribution < 1.29 is 90.8 Å². The number of cyclic esters (lactones) is 1. The van der Waals surface area contributed by atoms with Crippen molar-refractivity contribution in [2.75, 3.05) is 53.3 Å². The summed E-state index contributed by atoms with van der Waals surface area (Å²) in [5.41, 5.74) is 7.83. The van der Waals surface area contributed by atoms with Crippen molar-refractivity contribution in [3.63, 3.8) is 0 Å². The first kappa shape index (κ1) is 96.7. The lowest BCUT2D eigenvalue weighted by molar-refractivity contribution is -0.172. The molecule has 0 bridgehead atoms. The fourth-order valence-corrected chi connectivity index (χ4v) is 18.1. The summed E-state index contributed by atoms with van der Waals surface area (Å²) < 4.78 is 40.5. The molecule has 5 aromatic rings. The number of carbonyl (C=O) groups is 13. The van der Waals surface area contributed by atoms with Crippen LogP contribution in [0.15, 0.2) is 83.7 Å². The summed E-state index contributed by atoms with van der Waals surface area (Å²) in [7, 11) is 6.09. The first-order valence-electron chi connectivity index (χ1n) is 43.7. The van der Waals surface area contributed by atoms with Crippen molar-refractivity contribution >= 4 is 93.8 Å². The lowest BCUT2D eigenvalue weighted by Gasteiger charge is -2.41. The monoisotopic (exact) mass is 1750 g/mol. The van der Waals surface area contributed by atoms with Gasteiger partial charge in [0.25, 0.3) is 17.4 Å². The molecular formula is C92H123FN14O19. The van der Waals surface area contributed by atoms with Gasteiger partial charge in [-0.2, -0.15) is 0 Å². The summed E-state index contributed by atoms with van der Waals surface area (Å²) >= 11 is 0. The molecule has 0 saturated carbocycles. The maximum absolute atomic E-state index is 15.7. The van der Waals surface area contributed by atoms with Crippen LogP contribution in [0.25, 0.3) is 22.3 Å². The highest BCUT2D eigenvalue weighted by molar-refractivity contribution is 6.13. The topological polar surface area (TPSA) is 437 Å². The second-order valence-electron chi connectivity index (χ2n) is 34.8. The smallest absolute Gasteiger partial charge is 0.407 e. The maximum atomic E-state index is 15.7. The van der Waals surface area contributed by atoms with Gasteiger partial charge < -0.3 is 86.3 Å².